The van der Waals surface area contributed by atoms with E-state index in [1.54, 1.807) is 21.0 Å². The molecule has 0 saturated carbocycles. The van der Waals surface area contributed by atoms with E-state index in [0.717, 1.165) is 11.3 Å². The van der Waals surface area contributed by atoms with Crippen molar-refractivity contribution in [2.24, 2.45) is 23.5 Å². The van der Waals surface area contributed by atoms with Crippen LogP contribution in [0.25, 0.3) is 5.57 Å². The summed E-state index contributed by atoms with van der Waals surface area (Å²) in [6.07, 6.45) is 2.76. The summed E-state index contributed by atoms with van der Waals surface area (Å²) in [7, 11) is 3.24. The summed E-state index contributed by atoms with van der Waals surface area (Å²) in [5.41, 5.74) is 19.0. The lowest BCUT2D eigenvalue weighted by atomic mass is 10.1. The summed E-state index contributed by atoms with van der Waals surface area (Å²) in [4.78, 5) is 22.8. The Bertz CT molecular complexity index is 1060. The van der Waals surface area contributed by atoms with Crippen LogP contribution in [0.2, 0.25) is 0 Å². The number of nitrogen functional groups attached to an aromatic ring is 1. The quantitative estimate of drug-likeness (QED) is 0.488. The molecule has 0 aliphatic carbocycles. The maximum absolute atomic E-state index is 14.3. The molecule has 3 rings (SSSR count). The number of carbonyl (C=O) groups is 1. The van der Waals surface area contributed by atoms with Gasteiger partial charge in [0.2, 0.25) is 0 Å². The number of nitrogens with two attached hydrogens (primary N) is 3. The molecule has 3 heterocycles. The highest BCUT2D eigenvalue weighted by Gasteiger charge is 2.38. The van der Waals surface area contributed by atoms with E-state index in [1.165, 1.54) is 22.0 Å². The summed E-state index contributed by atoms with van der Waals surface area (Å²) in [6, 6.07) is -0.602. The maximum Gasteiger partial charge on any atom is 0.277 e. The number of alkyl halides is 2. The summed E-state index contributed by atoms with van der Waals surface area (Å²) < 4.78 is 30.1. The Morgan fingerprint density at radius 2 is 2.19 bits per heavy atom. The van der Waals surface area contributed by atoms with Crippen LogP contribution in [-0.4, -0.2) is 58.5 Å². The predicted molar refractivity (Wildman–Crippen MR) is 123 cm³/mol. The van der Waals surface area contributed by atoms with Crippen LogP contribution in [0.3, 0.4) is 0 Å². The number of aryl methyl sites for hydroxylation is 1. The summed E-state index contributed by atoms with van der Waals surface area (Å²) in [5, 5.41) is 7.48. The van der Waals surface area contributed by atoms with Crippen molar-refractivity contribution in [3.8, 4) is 0 Å². The molecule has 1 fully saturated rings. The lowest BCUT2D eigenvalue weighted by Crippen LogP contribution is -2.37. The van der Waals surface area contributed by atoms with Crippen LogP contribution in [0.1, 0.15) is 35.3 Å². The second-order valence-corrected chi connectivity index (χ2v) is 8.64. The lowest BCUT2D eigenvalue weighted by Gasteiger charge is -2.26. The van der Waals surface area contributed by atoms with E-state index in [4.69, 9.17) is 17.2 Å². The molecule has 0 bridgehead atoms. The van der Waals surface area contributed by atoms with Crippen LogP contribution >= 0.6 is 11.3 Å². The van der Waals surface area contributed by atoms with Gasteiger partial charge in [-0.1, -0.05) is 11.3 Å². The zero-order chi connectivity index (χ0) is 23.6. The topological polar surface area (TPSA) is 153 Å². The number of nitrogens with zero attached hydrogens (tertiary/aromatic N) is 5. The van der Waals surface area contributed by atoms with Crippen molar-refractivity contribution in [1.82, 2.24) is 14.8 Å². The van der Waals surface area contributed by atoms with Crippen LogP contribution in [0.4, 0.5) is 25.3 Å². The van der Waals surface area contributed by atoms with E-state index < -0.39 is 30.8 Å². The Labute approximate surface area is 188 Å². The molecule has 0 unspecified atom stereocenters. The van der Waals surface area contributed by atoms with E-state index in [-0.39, 0.29) is 16.4 Å². The average molecular weight is 468 g/mol. The number of aliphatic imine (C=N–C) groups is 1. The number of carbonyl (C=O) groups excluding carboxylic acids is 1. The highest BCUT2D eigenvalue weighted by Crippen LogP contribution is 2.34. The molecule has 0 spiro atoms. The highest BCUT2D eigenvalue weighted by atomic mass is 32.1. The van der Waals surface area contributed by atoms with Crippen molar-refractivity contribution in [1.29, 1.82) is 0 Å². The average Bonchev–Trinajstić information content (AvgIpc) is 3.23. The third kappa shape index (κ3) is 4.88. The lowest BCUT2D eigenvalue weighted by molar-refractivity contribution is -0.000526. The zero-order valence-electron chi connectivity index (χ0n) is 18.1. The van der Waals surface area contributed by atoms with Crippen molar-refractivity contribution in [2.45, 2.75) is 31.7 Å². The maximum atomic E-state index is 14.3. The number of hydrogen-bond donors (Lipinski definition) is 4. The molecule has 0 radical (unpaired) electrons. The number of rotatable bonds is 5. The van der Waals surface area contributed by atoms with Gasteiger partial charge in [0, 0.05) is 50.6 Å². The number of amides is 1. The SMILES string of the molecule is CN=C(C)C(=CN)c1nc(C(=O)Nc2cnn(C)c2N2CC[C@@H](N)CC(F)(F)C2)c(N)s1. The summed E-state index contributed by atoms with van der Waals surface area (Å²) in [6.45, 7) is 1.55. The van der Waals surface area contributed by atoms with E-state index in [1.807, 2.05) is 0 Å². The monoisotopic (exact) mass is 467 g/mol. The standard InChI is InChI=1S/C19H27F2N9OS/c1-10(25-2)12(7-22)17-28-14(15(24)32-17)16(31)27-13-8-26-29(3)18(13)30-5-4-11(23)6-19(20,21)9-30/h7-8,11H,4-6,9,22-24H2,1-3H3,(H,27,31)/t11-/m1/s1. The number of hydrogen-bond acceptors (Lipinski definition) is 9. The molecule has 174 valence electrons. The molecule has 2 aromatic rings. The summed E-state index contributed by atoms with van der Waals surface area (Å²) in [5.74, 6) is -3.18. The van der Waals surface area contributed by atoms with Gasteiger partial charge < -0.3 is 27.4 Å². The molecular formula is C19H27F2N9OS. The first-order valence-electron chi connectivity index (χ1n) is 9.90. The fourth-order valence-corrected chi connectivity index (χ4v) is 4.47. The highest BCUT2D eigenvalue weighted by molar-refractivity contribution is 7.17. The van der Waals surface area contributed by atoms with Gasteiger partial charge in [0.15, 0.2) is 11.5 Å². The van der Waals surface area contributed by atoms with Gasteiger partial charge in [-0.05, 0) is 13.3 Å². The second-order valence-electron chi connectivity index (χ2n) is 7.61. The molecule has 1 aliphatic rings. The van der Waals surface area contributed by atoms with Crippen molar-refractivity contribution in [3.05, 3.63) is 23.1 Å². The number of halogens is 2. The first kappa shape index (κ1) is 23.6. The van der Waals surface area contributed by atoms with Gasteiger partial charge in [-0.2, -0.15) is 5.10 Å². The van der Waals surface area contributed by atoms with E-state index >= 15 is 0 Å². The molecule has 10 nitrogen and oxygen atoms in total. The molecule has 32 heavy (non-hydrogen) atoms. The van der Waals surface area contributed by atoms with Gasteiger partial charge in [-0.3, -0.25) is 14.5 Å². The van der Waals surface area contributed by atoms with Crippen molar-refractivity contribution in [2.75, 3.05) is 36.1 Å². The van der Waals surface area contributed by atoms with E-state index in [0.29, 0.717) is 35.1 Å². The minimum absolute atomic E-state index is 0.00581. The molecule has 1 aliphatic heterocycles. The molecular weight excluding hydrogens is 440 g/mol. The van der Waals surface area contributed by atoms with Crippen LogP contribution < -0.4 is 27.4 Å². The van der Waals surface area contributed by atoms with Crippen LogP contribution in [-0.2, 0) is 7.05 Å². The molecule has 2 aromatic heterocycles. The third-order valence-corrected chi connectivity index (χ3v) is 6.12. The minimum atomic E-state index is -2.96. The van der Waals surface area contributed by atoms with E-state index in [2.05, 4.69) is 20.4 Å². The zero-order valence-corrected chi connectivity index (χ0v) is 18.9. The van der Waals surface area contributed by atoms with Crippen LogP contribution in [0.15, 0.2) is 17.4 Å². The van der Waals surface area contributed by atoms with Crippen molar-refractivity contribution >= 4 is 45.0 Å². The molecule has 13 heteroatoms. The number of anilines is 3. The van der Waals surface area contributed by atoms with Gasteiger partial charge in [0.1, 0.15) is 15.7 Å². The number of thiazole rings is 1. The minimum Gasteiger partial charge on any atom is -0.404 e. The Morgan fingerprint density at radius 3 is 2.84 bits per heavy atom. The Kier molecular flexibility index (Phi) is 6.79. The molecule has 1 saturated heterocycles. The first-order valence-corrected chi connectivity index (χ1v) is 10.7. The normalized spacial score (nSPS) is 19.7. The Hall–Kier alpha value is -3.06. The fourth-order valence-electron chi connectivity index (χ4n) is 3.56. The van der Waals surface area contributed by atoms with Crippen molar-refractivity contribution in [3.63, 3.8) is 0 Å². The number of nitrogens with one attached hydrogen (secondary N) is 1. The largest absolute Gasteiger partial charge is 0.404 e. The van der Waals surface area contributed by atoms with Gasteiger partial charge >= 0.3 is 0 Å². The van der Waals surface area contributed by atoms with Gasteiger partial charge in [-0.25, -0.2) is 13.8 Å². The Balaban J connectivity index is 1.88. The van der Waals surface area contributed by atoms with Gasteiger partial charge in [0.25, 0.3) is 11.8 Å². The van der Waals surface area contributed by atoms with E-state index in [9.17, 15) is 13.6 Å². The first-order chi connectivity index (χ1) is 15.1. The molecule has 1 amide bonds. The Morgan fingerprint density at radius 1 is 1.47 bits per heavy atom. The third-order valence-electron chi connectivity index (χ3n) is 5.20. The molecule has 1 atom stereocenters. The second kappa shape index (κ2) is 9.20. The predicted octanol–water partition coefficient (Wildman–Crippen LogP) is 1.66. The number of allylic oxidation sites excluding steroid dienone is 1. The van der Waals surface area contributed by atoms with Crippen molar-refractivity contribution < 1.29 is 13.6 Å². The van der Waals surface area contributed by atoms with Gasteiger partial charge in [-0.15, -0.1) is 0 Å². The smallest absolute Gasteiger partial charge is 0.277 e. The fraction of sp³-hybridized carbons (Fsp3) is 0.474. The molecule has 7 N–H and O–H groups in total. The van der Waals surface area contributed by atoms with Crippen LogP contribution in [0.5, 0.6) is 0 Å². The molecule has 0 aromatic carbocycles. The van der Waals surface area contributed by atoms with Crippen LogP contribution in [0, 0.1) is 0 Å². The van der Waals surface area contributed by atoms with Gasteiger partial charge in [0.05, 0.1) is 12.7 Å². The number of aromatic nitrogens is 3. The summed E-state index contributed by atoms with van der Waals surface area (Å²) >= 11 is 1.10.